The molecule has 6 nitrogen and oxygen atoms in total. The van der Waals surface area contributed by atoms with E-state index in [1.165, 1.54) is 6.07 Å². The molecule has 5 rings (SSSR count). The molecule has 1 unspecified atom stereocenters. The summed E-state index contributed by atoms with van der Waals surface area (Å²) in [5, 5.41) is 0. The van der Waals surface area contributed by atoms with Gasteiger partial charge >= 0.3 is 0 Å². The first-order valence-electron chi connectivity index (χ1n) is 11.8. The van der Waals surface area contributed by atoms with Crippen LogP contribution < -0.4 is 4.90 Å². The molecule has 4 heterocycles. The summed E-state index contributed by atoms with van der Waals surface area (Å²) in [6.45, 7) is 5.96. The highest BCUT2D eigenvalue weighted by molar-refractivity contribution is 5.95. The molecule has 1 amide bonds. The summed E-state index contributed by atoms with van der Waals surface area (Å²) >= 11 is 0. The maximum absolute atomic E-state index is 14.3. The van der Waals surface area contributed by atoms with Gasteiger partial charge in [0.05, 0.1) is 6.54 Å². The molecule has 0 aliphatic carbocycles. The Balaban J connectivity index is 1.43. The van der Waals surface area contributed by atoms with Crippen LogP contribution in [0.3, 0.4) is 0 Å². The standard InChI is InChI=1S/C25H31FN4O2/c1-17-21-8-9-23(31)30(16-18-5-2-3-7-22(18)26)25(21)28-24(27-17)19-6-4-12-29(15-19)20-10-13-32-14-11-20/h2-3,5,7,19-20H,4,6,8-16H2,1H3. The Morgan fingerprint density at radius 1 is 1.12 bits per heavy atom. The van der Waals surface area contributed by atoms with Crippen LogP contribution in [0.25, 0.3) is 0 Å². The Labute approximate surface area is 188 Å². The molecular weight excluding hydrogens is 407 g/mol. The van der Waals surface area contributed by atoms with Crippen molar-refractivity contribution in [2.45, 2.75) is 64.0 Å². The van der Waals surface area contributed by atoms with Crippen LogP contribution in [0.5, 0.6) is 0 Å². The quantitative estimate of drug-likeness (QED) is 0.728. The Morgan fingerprint density at radius 2 is 1.94 bits per heavy atom. The molecular formula is C25H31FN4O2. The van der Waals surface area contributed by atoms with Crippen molar-refractivity contribution < 1.29 is 13.9 Å². The van der Waals surface area contributed by atoms with Crippen LogP contribution in [-0.2, 0) is 22.5 Å². The van der Waals surface area contributed by atoms with Crippen LogP contribution in [0.15, 0.2) is 24.3 Å². The molecule has 3 aliphatic rings. The number of hydrogen-bond acceptors (Lipinski definition) is 5. The normalized spacial score (nSPS) is 22.8. The Bertz CT molecular complexity index is 992. The number of aromatic nitrogens is 2. The van der Waals surface area contributed by atoms with Gasteiger partial charge in [-0.25, -0.2) is 14.4 Å². The van der Waals surface area contributed by atoms with Crippen LogP contribution >= 0.6 is 0 Å². The molecule has 3 aliphatic heterocycles. The van der Waals surface area contributed by atoms with E-state index in [0.717, 1.165) is 69.1 Å². The van der Waals surface area contributed by atoms with E-state index in [1.54, 1.807) is 23.1 Å². The monoisotopic (exact) mass is 438 g/mol. The summed E-state index contributed by atoms with van der Waals surface area (Å²) in [6.07, 6.45) is 5.40. The largest absolute Gasteiger partial charge is 0.381 e. The highest BCUT2D eigenvalue weighted by atomic mass is 19.1. The van der Waals surface area contributed by atoms with Crippen molar-refractivity contribution >= 4 is 11.7 Å². The number of fused-ring (bicyclic) bond motifs is 1. The molecule has 0 N–H and O–H groups in total. The van der Waals surface area contributed by atoms with E-state index in [4.69, 9.17) is 14.7 Å². The number of halogens is 1. The van der Waals surface area contributed by atoms with Gasteiger partial charge in [-0.05, 0) is 51.6 Å². The summed E-state index contributed by atoms with van der Waals surface area (Å²) in [5.41, 5.74) is 2.47. The van der Waals surface area contributed by atoms with Crippen LogP contribution in [0.1, 0.15) is 60.7 Å². The summed E-state index contributed by atoms with van der Waals surface area (Å²) in [5.74, 6) is 1.46. The van der Waals surface area contributed by atoms with Gasteiger partial charge in [-0.3, -0.25) is 14.6 Å². The van der Waals surface area contributed by atoms with Gasteiger partial charge in [-0.1, -0.05) is 18.2 Å². The van der Waals surface area contributed by atoms with E-state index in [2.05, 4.69) is 4.90 Å². The molecule has 32 heavy (non-hydrogen) atoms. The van der Waals surface area contributed by atoms with E-state index in [9.17, 15) is 9.18 Å². The maximum Gasteiger partial charge on any atom is 0.228 e. The number of hydrogen-bond donors (Lipinski definition) is 0. The van der Waals surface area contributed by atoms with Crippen molar-refractivity contribution in [2.75, 3.05) is 31.2 Å². The Kier molecular flexibility index (Phi) is 6.20. The van der Waals surface area contributed by atoms with Gasteiger partial charge in [0.2, 0.25) is 5.91 Å². The Hall–Kier alpha value is -2.38. The molecule has 0 saturated carbocycles. The van der Waals surface area contributed by atoms with E-state index < -0.39 is 0 Å². The number of carbonyl (C=O) groups is 1. The van der Waals surface area contributed by atoms with Crippen molar-refractivity contribution in [1.29, 1.82) is 0 Å². The zero-order valence-electron chi connectivity index (χ0n) is 18.7. The van der Waals surface area contributed by atoms with Crippen LogP contribution in [-0.4, -0.2) is 53.1 Å². The third kappa shape index (κ3) is 4.28. The van der Waals surface area contributed by atoms with Crippen molar-refractivity contribution in [3.63, 3.8) is 0 Å². The lowest BCUT2D eigenvalue weighted by molar-refractivity contribution is -0.119. The van der Waals surface area contributed by atoms with E-state index in [0.29, 0.717) is 30.3 Å². The predicted molar refractivity (Wildman–Crippen MR) is 120 cm³/mol. The molecule has 2 saturated heterocycles. The number of benzene rings is 1. The van der Waals surface area contributed by atoms with Gasteiger partial charge in [0.25, 0.3) is 0 Å². The first kappa shape index (κ1) is 21.5. The SMILES string of the molecule is Cc1nc(C2CCCN(C3CCOCC3)C2)nc2c1CCC(=O)N2Cc1ccccc1F. The van der Waals surface area contributed by atoms with Crippen molar-refractivity contribution in [2.24, 2.45) is 0 Å². The fourth-order valence-corrected chi connectivity index (χ4v) is 5.34. The molecule has 7 heteroatoms. The van der Waals surface area contributed by atoms with Gasteiger partial charge in [-0.15, -0.1) is 0 Å². The van der Waals surface area contributed by atoms with Crippen LogP contribution in [0, 0.1) is 12.7 Å². The molecule has 170 valence electrons. The highest BCUT2D eigenvalue weighted by Gasteiger charge is 2.33. The van der Waals surface area contributed by atoms with Crippen LogP contribution in [0.2, 0.25) is 0 Å². The number of aryl methyl sites for hydroxylation is 1. The first-order chi connectivity index (χ1) is 15.6. The third-order valence-corrected chi connectivity index (χ3v) is 7.17. The van der Waals surface area contributed by atoms with Crippen LogP contribution in [0.4, 0.5) is 10.2 Å². The minimum atomic E-state index is -0.294. The first-order valence-corrected chi connectivity index (χ1v) is 11.8. The number of carbonyl (C=O) groups excluding carboxylic acids is 1. The van der Waals surface area contributed by atoms with Crippen molar-refractivity contribution in [3.05, 3.63) is 52.7 Å². The number of amides is 1. The lowest BCUT2D eigenvalue weighted by Gasteiger charge is -2.39. The highest BCUT2D eigenvalue weighted by Crippen LogP contribution is 2.34. The number of ether oxygens (including phenoxy) is 1. The second kappa shape index (κ2) is 9.24. The second-order valence-corrected chi connectivity index (χ2v) is 9.22. The fourth-order valence-electron chi connectivity index (χ4n) is 5.34. The number of rotatable bonds is 4. The lowest BCUT2D eigenvalue weighted by Crippen LogP contribution is -2.45. The molecule has 2 aromatic rings. The maximum atomic E-state index is 14.3. The molecule has 0 bridgehead atoms. The summed E-state index contributed by atoms with van der Waals surface area (Å²) in [4.78, 5) is 26.9. The van der Waals surface area contributed by atoms with Gasteiger partial charge in [0.15, 0.2) is 0 Å². The van der Waals surface area contributed by atoms with Crippen molar-refractivity contribution in [3.8, 4) is 0 Å². The van der Waals surface area contributed by atoms with Crippen molar-refractivity contribution in [1.82, 2.24) is 14.9 Å². The number of anilines is 1. The lowest BCUT2D eigenvalue weighted by atomic mass is 9.93. The zero-order chi connectivity index (χ0) is 22.1. The molecule has 2 fully saturated rings. The predicted octanol–water partition coefficient (Wildman–Crippen LogP) is 3.76. The molecule has 1 aromatic heterocycles. The minimum Gasteiger partial charge on any atom is -0.381 e. The Morgan fingerprint density at radius 3 is 2.75 bits per heavy atom. The fraction of sp³-hybridized carbons (Fsp3) is 0.560. The molecule has 1 atom stereocenters. The topological polar surface area (TPSA) is 58.6 Å². The molecule has 0 spiro atoms. The number of likely N-dealkylation sites (tertiary alicyclic amines) is 1. The summed E-state index contributed by atoms with van der Waals surface area (Å²) < 4.78 is 19.9. The minimum absolute atomic E-state index is 0.00252. The van der Waals surface area contributed by atoms with Gasteiger partial charge < -0.3 is 4.74 Å². The molecule has 0 radical (unpaired) electrons. The molecule has 1 aromatic carbocycles. The average molecular weight is 439 g/mol. The van der Waals surface area contributed by atoms with E-state index in [-0.39, 0.29) is 24.2 Å². The summed E-state index contributed by atoms with van der Waals surface area (Å²) in [6, 6.07) is 7.22. The van der Waals surface area contributed by atoms with E-state index in [1.807, 2.05) is 6.92 Å². The number of nitrogens with zero attached hydrogens (tertiary/aromatic N) is 4. The number of piperidine rings is 1. The average Bonchev–Trinajstić information content (AvgIpc) is 2.82. The summed E-state index contributed by atoms with van der Waals surface area (Å²) in [7, 11) is 0. The van der Waals surface area contributed by atoms with Gasteiger partial charge in [-0.2, -0.15) is 0 Å². The second-order valence-electron chi connectivity index (χ2n) is 9.22. The third-order valence-electron chi connectivity index (χ3n) is 7.17. The van der Waals surface area contributed by atoms with E-state index >= 15 is 0 Å². The smallest absolute Gasteiger partial charge is 0.228 e. The zero-order valence-corrected chi connectivity index (χ0v) is 18.7. The van der Waals surface area contributed by atoms with Gasteiger partial charge in [0.1, 0.15) is 17.5 Å². The van der Waals surface area contributed by atoms with Gasteiger partial charge in [0, 0.05) is 55.0 Å².